The summed E-state index contributed by atoms with van der Waals surface area (Å²) < 4.78 is 26.3. The average molecular weight is 386 g/mol. The number of nitrogens with zero attached hydrogens (tertiary/aromatic N) is 2. The molecule has 0 spiro atoms. The third kappa shape index (κ3) is 5.67. The fraction of sp³-hybridized carbons (Fsp3) is 0.562. The zero-order valence-electron chi connectivity index (χ0n) is 15.7. The van der Waals surface area contributed by atoms with Gasteiger partial charge in [-0.3, -0.25) is 14.9 Å². The van der Waals surface area contributed by atoms with E-state index in [4.69, 9.17) is 0 Å². The van der Waals surface area contributed by atoms with Gasteiger partial charge in [0.2, 0.25) is 15.9 Å². The number of nitro benzene ring substituents is 1. The molecule has 1 aromatic carbocycles. The third-order valence-electron chi connectivity index (χ3n) is 3.46. The number of rotatable bonds is 8. The van der Waals surface area contributed by atoms with Crippen LogP contribution in [0.2, 0.25) is 0 Å². The molecule has 0 radical (unpaired) electrons. The van der Waals surface area contributed by atoms with Crippen molar-refractivity contribution >= 4 is 27.3 Å². The maximum absolute atomic E-state index is 12.5. The van der Waals surface area contributed by atoms with Crippen LogP contribution in [-0.4, -0.2) is 48.7 Å². The molecular formula is C16H26N4O5S. The van der Waals surface area contributed by atoms with Crippen LogP contribution < -0.4 is 10.6 Å². The Hall–Kier alpha value is -2.20. The molecule has 0 unspecified atom stereocenters. The Balaban J connectivity index is 3.11. The van der Waals surface area contributed by atoms with Crippen LogP contribution in [0.25, 0.3) is 0 Å². The summed E-state index contributed by atoms with van der Waals surface area (Å²) in [5, 5.41) is 16.8. The summed E-state index contributed by atoms with van der Waals surface area (Å²) in [7, 11) is -3.81. The third-order valence-corrected chi connectivity index (χ3v) is 5.51. The van der Waals surface area contributed by atoms with E-state index >= 15 is 0 Å². The first-order valence-corrected chi connectivity index (χ1v) is 9.69. The molecule has 0 aliphatic carbocycles. The fourth-order valence-electron chi connectivity index (χ4n) is 2.32. The Morgan fingerprint density at radius 1 is 1.23 bits per heavy atom. The van der Waals surface area contributed by atoms with Crippen molar-refractivity contribution in [2.45, 2.75) is 45.1 Å². The van der Waals surface area contributed by atoms with Crippen molar-refractivity contribution in [2.75, 3.05) is 25.0 Å². The van der Waals surface area contributed by atoms with Crippen molar-refractivity contribution in [1.82, 2.24) is 9.62 Å². The smallest absolute Gasteiger partial charge is 0.293 e. The number of amides is 1. The lowest BCUT2D eigenvalue weighted by atomic mass is 10.1. The van der Waals surface area contributed by atoms with Crippen LogP contribution in [0.4, 0.5) is 11.4 Å². The standard InChI is InChI=1S/C16H26N4O5S/c1-6-19(7-2)26(24,25)12-8-9-13(14(10-12)20(22)23)17-11-15(21)18-16(3,4)5/h8-10,17H,6-7,11H2,1-5H3,(H,18,21). The van der Waals surface area contributed by atoms with E-state index < -0.39 is 26.2 Å². The Morgan fingerprint density at radius 3 is 2.27 bits per heavy atom. The van der Waals surface area contributed by atoms with E-state index in [1.807, 2.05) is 20.8 Å². The largest absolute Gasteiger partial charge is 0.371 e. The minimum absolute atomic E-state index is 0.0811. The molecule has 146 valence electrons. The summed E-state index contributed by atoms with van der Waals surface area (Å²) in [6.45, 7) is 9.21. The number of benzene rings is 1. The van der Waals surface area contributed by atoms with Gasteiger partial charge in [0.05, 0.1) is 16.4 Å². The lowest BCUT2D eigenvalue weighted by Gasteiger charge is -2.21. The van der Waals surface area contributed by atoms with E-state index in [0.717, 1.165) is 6.07 Å². The van der Waals surface area contributed by atoms with Crippen LogP contribution in [0.15, 0.2) is 23.1 Å². The maximum atomic E-state index is 12.5. The van der Waals surface area contributed by atoms with Gasteiger partial charge in [-0.2, -0.15) is 4.31 Å². The summed E-state index contributed by atoms with van der Waals surface area (Å²) >= 11 is 0. The first-order chi connectivity index (χ1) is 11.9. The molecule has 0 saturated heterocycles. The number of hydrogen-bond donors (Lipinski definition) is 2. The van der Waals surface area contributed by atoms with E-state index in [9.17, 15) is 23.3 Å². The van der Waals surface area contributed by atoms with Gasteiger partial charge in [-0.1, -0.05) is 13.8 Å². The number of anilines is 1. The predicted octanol–water partition coefficient (Wildman–Crippen LogP) is 1.95. The van der Waals surface area contributed by atoms with E-state index in [0.29, 0.717) is 0 Å². The molecule has 9 nitrogen and oxygen atoms in total. The second-order valence-electron chi connectivity index (χ2n) is 6.68. The van der Waals surface area contributed by atoms with Gasteiger partial charge in [-0.15, -0.1) is 0 Å². The molecule has 0 aromatic heterocycles. The molecule has 1 amide bonds. The topological polar surface area (TPSA) is 122 Å². The highest BCUT2D eigenvalue weighted by Crippen LogP contribution is 2.28. The molecule has 0 fully saturated rings. The number of carbonyl (C=O) groups excluding carboxylic acids is 1. The molecule has 0 saturated carbocycles. The van der Waals surface area contributed by atoms with Gasteiger partial charge in [0.1, 0.15) is 5.69 Å². The molecule has 0 atom stereocenters. The number of nitrogens with one attached hydrogen (secondary N) is 2. The fourth-order valence-corrected chi connectivity index (χ4v) is 3.80. The number of carbonyl (C=O) groups is 1. The van der Waals surface area contributed by atoms with E-state index in [1.54, 1.807) is 13.8 Å². The summed E-state index contributed by atoms with van der Waals surface area (Å²) in [6, 6.07) is 3.61. The molecule has 0 heterocycles. The quantitative estimate of drug-likeness (QED) is 0.520. The van der Waals surface area contributed by atoms with E-state index in [-0.39, 0.29) is 36.1 Å². The summed E-state index contributed by atoms with van der Waals surface area (Å²) in [5.74, 6) is -0.327. The van der Waals surface area contributed by atoms with Crippen LogP contribution in [-0.2, 0) is 14.8 Å². The molecule has 0 bridgehead atoms. The highest BCUT2D eigenvalue weighted by atomic mass is 32.2. The van der Waals surface area contributed by atoms with Crippen molar-refractivity contribution in [2.24, 2.45) is 0 Å². The summed E-state index contributed by atoms with van der Waals surface area (Å²) in [4.78, 5) is 22.4. The van der Waals surface area contributed by atoms with Crippen molar-refractivity contribution in [3.63, 3.8) is 0 Å². The van der Waals surface area contributed by atoms with Crippen LogP contribution in [0.5, 0.6) is 0 Å². The van der Waals surface area contributed by atoms with Gasteiger partial charge in [-0.05, 0) is 32.9 Å². The van der Waals surface area contributed by atoms with Crippen LogP contribution in [0.3, 0.4) is 0 Å². The molecule has 1 aromatic rings. The van der Waals surface area contributed by atoms with Crippen molar-refractivity contribution in [3.05, 3.63) is 28.3 Å². The van der Waals surface area contributed by atoms with Gasteiger partial charge >= 0.3 is 0 Å². The average Bonchev–Trinajstić information content (AvgIpc) is 2.51. The van der Waals surface area contributed by atoms with Crippen molar-refractivity contribution < 1.29 is 18.1 Å². The second kappa shape index (κ2) is 8.45. The van der Waals surface area contributed by atoms with Gasteiger partial charge in [0, 0.05) is 24.7 Å². The number of nitro groups is 1. The highest BCUT2D eigenvalue weighted by Gasteiger charge is 2.26. The zero-order valence-corrected chi connectivity index (χ0v) is 16.5. The lowest BCUT2D eigenvalue weighted by Crippen LogP contribution is -2.43. The first-order valence-electron chi connectivity index (χ1n) is 8.25. The highest BCUT2D eigenvalue weighted by molar-refractivity contribution is 7.89. The van der Waals surface area contributed by atoms with Crippen molar-refractivity contribution in [1.29, 1.82) is 0 Å². The van der Waals surface area contributed by atoms with Crippen LogP contribution >= 0.6 is 0 Å². The van der Waals surface area contributed by atoms with Crippen molar-refractivity contribution in [3.8, 4) is 0 Å². The SMILES string of the molecule is CCN(CC)S(=O)(=O)c1ccc(NCC(=O)NC(C)(C)C)c([N+](=O)[O-])c1. The minimum atomic E-state index is -3.81. The lowest BCUT2D eigenvalue weighted by molar-refractivity contribution is -0.384. The molecule has 0 aliphatic rings. The Bertz CT molecular complexity index is 767. The normalized spacial score (nSPS) is 12.1. The first kappa shape index (κ1) is 21.8. The zero-order chi connectivity index (χ0) is 20.1. The molecule has 0 aliphatic heterocycles. The maximum Gasteiger partial charge on any atom is 0.293 e. The predicted molar refractivity (Wildman–Crippen MR) is 99.6 cm³/mol. The summed E-state index contributed by atoms with van der Waals surface area (Å²) in [5.41, 5.74) is -0.744. The number of hydrogen-bond acceptors (Lipinski definition) is 6. The molecule has 10 heteroatoms. The second-order valence-corrected chi connectivity index (χ2v) is 8.62. The van der Waals surface area contributed by atoms with Gasteiger partial charge in [0.25, 0.3) is 5.69 Å². The molecule has 26 heavy (non-hydrogen) atoms. The van der Waals surface area contributed by atoms with Gasteiger partial charge in [-0.25, -0.2) is 8.42 Å². The van der Waals surface area contributed by atoms with E-state index in [2.05, 4.69) is 10.6 Å². The number of sulfonamides is 1. The molecular weight excluding hydrogens is 360 g/mol. The van der Waals surface area contributed by atoms with E-state index in [1.165, 1.54) is 16.4 Å². The van der Waals surface area contributed by atoms with Gasteiger partial charge < -0.3 is 10.6 Å². The minimum Gasteiger partial charge on any atom is -0.371 e. The Morgan fingerprint density at radius 2 is 1.81 bits per heavy atom. The monoisotopic (exact) mass is 386 g/mol. The molecule has 2 N–H and O–H groups in total. The van der Waals surface area contributed by atoms with Crippen LogP contribution in [0.1, 0.15) is 34.6 Å². The summed E-state index contributed by atoms with van der Waals surface area (Å²) in [6.07, 6.45) is 0. The Labute approximate surface area is 154 Å². The van der Waals surface area contributed by atoms with Gasteiger partial charge in [0.15, 0.2) is 0 Å². The van der Waals surface area contributed by atoms with Crippen LogP contribution in [0, 0.1) is 10.1 Å². The molecule has 1 rings (SSSR count). The Kier molecular flexibility index (Phi) is 7.10.